The third-order valence-corrected chi connectivity index (χ3v) is 6.16. The minimum absolute atomic E-state index is 0.0218. The molecule has 1 fully saturated rings. The van der Waals surface area contributed by atoms with Crippen LogP contribution < -0.4 is 5.32 Å². The van der Waals surface area contributed by atoms with Crippen LogP contribution in [-0.2, 0) is 11.2 Å². The molecule has 1 aliphatic rings. The molecule has 1 saturated carbocycles. The molecule has 7 heteroatoms. The number of halogens is 2. The fourth-order valence-electron chi connectivity index (χ4n) is 4.13. The molecule has 2 N–H and O–H groups in total. The Labute approximate surface area is 180 Å². The Morgan fingerprint density at radius 1 is 1.23 bits per heavy atom. The second kappa shape index (κ2) is 9.13. The number of carbonyl (C=O) groups is 2. The Morgan fingerprint density at radius 2 is 1.90 bits per heavy atom. The van der Waals surface area contributed by atoms with Gasteiger partial charge in [0.2, 0.25) is 0 Å². The molecule has 160 valence electrons. The number of pyridine rings is 1. The molecule has 0 unspecified atom stereocenters. The van der Waals surface area contributed by atoms with Gasteiger partial charge in [0.15, 0.2) is 0 Å². The summed E-state index contributed by atoms with van der Waals surface area (Å²) in [4.78, 5) is 28.9. The van der Waals surface area contributed by atoms with E-state index < -0.39 is 11.8 Å². The molecule has 0 spiro atoms. The van der Waals surface area contributed by atoms with E-state index in [-0.39, 0.29) is 29.1 Å². The van der Waals surface area contributed by atoms with Gasteiger partial charge in [0, 0.05) is 11.7 Å². The number of carboxylic acids is 1. The molecule has 0 bridgehead atoms. The number of nitrogens with one attached hydrogen (secondary N) is 1. The number of hydrogen-bond donors (Lipinski definition) is 2. The fraction of sp³-hybridized carbons (Fsp3) is 0.435. The highest BCUT2D eigenvalue weighted by Gasteiger charge is 2.25. The van der Waals surface area contributed by atoms with Crippen molar-refractivity contribution in [2.75, 3.05) is 0 Å². The minimum Gasteiger partial charge on any atom is -0.481 e. The number of hydrogen-bond acceptors (Lipinski definition) is 3. The van der Waals surface area contributed by atoms with Crippen molar-refractivity contribution in [3.63, 3.8) is 0 Å². The van der Waals surface area contributed by atoms with Gasteiger partial charge < -0.3 is 10.4 Å². The van der Waals surface area contributed by atoms with Crippen molar-refractivity contribution in [1.29, 1.82) is 0 Å². The lowest BCUT2D eigenvalue weighted by atomic mass is 9.87. The van der Waals surface area contributed by atoms with E-state index in [1.807, 2.05) is 0 Å². The van der Waals surface area contributed by atoms with Crippen molar-refractivity contribution in [3.8, 4) is 11.1 Å². The molecule has 0 atom stereocenters. The third kappa shape index (κ3) is 4.81. The normalized spacial score (nSPS) is 18.8. The van der Waals surface area contributed by atoms with Crippen LogP contribution in [0.15, 0.2) is 18.2 Å². The number of amides is 1. The third-order valence-electron chi connectivity index (χ3n) is 5.85. The van der Waals surface area contributed by atoms with Crippen LogP contribution in [-0.4, -0.2) is 28.0 Å². The van der Waals surface area contributed by atoms with E-state index >= 15 is 0 Å². The highest BCUT2D eigenvalue weighted by atomic mass is 35.5. The second-order valence-corrected chi connectivity index (χ2v) is 8.56. The summed E-state index contributed by atoms with van der Waals surface area (Å²) in [7, 11) is 0. The topological polar surface area (TPSA) is 79.3 Å². The number of nitrogens with zero attached hydrogens (tertiary/aromatic N) is 1. The van der Waals surface area contributed by atoms with E-state index in [4.69, 9.17) is 11.6 Å². The lowest BCUT2D eigenvalue weighted by Gasteiger charge is -2.27. The van der Waals surface area contributed by atoms with Gasteiger partial charge >= 0.3 is 5.97 Å². The number of aliphatic carboxylic acids is 1. The van der Waals surface area contributed by atoms with Crippen molar-refractivity contribution < 1.29 is 19.1 Å². The maximum atomic E-state index is 14.1. The van der Waals surface area contributed by atoms with Crippen LogP contribution in [0.4, 0.5) is 4.39 Å². The van der Waals surface area contributed by atoms with Crippen LogP contribution in [0.1, 0.15) is 59.9 Å². The number of carbonyl (C=O) groups excluding carboxylic acids is 1. The lowest BCUT2D eigenvalue weighted by molar-refractivity contribution is -0.136. The Bertz CT molecular complexity index is 985. The fourth-order valence-corrected chi connectivity index (χ4v) is 4.25. The summed E-state index contributed by atoms with van der Waals surface area (Å²) in [5.41, 5.74) is 2.66. The predicted octanol–water partition coefficient (Wildman–Crippen LogP) is 5.09. The summed E-state index contributed by atoms with van der Waals surface area (Å²) >= 11 is 5.82. The van der Waals surface area contributed by atoms with Crippen LogP contribution in [0.3, 0.4) is 0 Å². The standard InChI is InChI=1S/C23H26ClFN2O3/c1-12-4-7-16(8-5-12)27-23(30)22-13(2)21(15-6-9-18(24)19(25)10-15)17(11-20(28)29)14(3)26-22/h6,9-10,12,16H,4-5,7-8,11H2,1-3H3,(H,27,30)(H,28,29). The minimum atomic E-state index is -1.02. The zero-order valence-electron chi connectivity index (χ0n) is 17.4. The Kier molecular flexibility index (Phi) is 6.76. The molecule has 3 rings (SSSR count). The number of aromatic nitrogens is 1. The zero-order chi connectivity index (χ0) is 22.0. The van der Waals surface area contributed by atoms with Gasteiger partial charge in [0.1, 0.15) is 11.5 Å². The summed E-state index contributed by atoms with van der Waals surface area (Å²) in [5.74, 6) is -1.25. The van der Waals surface area contributed by atoms with Gasteiger partial charge in [-0.3, -0.25) is 9.59 Å². The van der Waals surface area contributed by atoms with E-state index in [0.717, 1.165) is 25.7 Å². The molecular formula is C23H26ClFN2O3. The molecule has 0 radical (unpaired) electrons. The Morgan fingerprint density at radius 3 is 2.50 bits per heavy atom. The maximum absolute atomic E-state index is 14.1. The molecule has 1 heterocycles. The van der Waals surface area contributed by atoms with E-state index in [1.165, 1.54) is 12.1 Å². The second-order valence-electron chi connectivity index (χ2n) is 8.15. The van der Waals surface area contributed by atoms with Gasteiger partial charge in [0.25, 0.3) is 5.91 Å². The van der Waals surface area contributed by atoms with Gasteiger partial charge in [0.05, 0.1) is 11.4 Å². The summed E-state index contributed by atoms with van der Waals surface area (Å²) < 4.78 is 14.1. The lowest BCUT2D eigenvalue weighted by Crippen LogP contribution is -2.38. The Hall–Kier alpha value is -2.47. The summed E-state index contributed by atoms with van der Waals surface area (Å²) in [6.07, 6.45) is 3.72. The van der Waals surface area contributed by atoms with Gasteiger partial charge in [-0.25, -0.2) is 9.37 Å². The Balaban J connectivity index is 2.04. The molecule has 30 heavy (non-hydrogen) atoms. The van der Waals surface area contributed by atoms with Gasteiger partial charge in [-0.1, -0.05) is 24.6 Å². The first kappa shape index (κ1) is 22.2. The van der Waals surface area contributed by atoms with Gasteiger partial charge in [-0.2, -0.15) is 0 Å². The van der Waals surface area contributed by atoms with Crippen molar-refractivity contribution in [2.24, 2.45) is 5.92 Å². The van der Waals surface area contributed by atoms with Crippen LogP contribution in [0.25, 0.3) is 11.1 Å². The molecule has 1 aromatic heterocycles. The molecular weight excluding hydrogens is 407 g/mol. The molecule has 1 aliphatic carbocycles. The first-order valence-electron chi connectivity index (χ1n) is 10.2. The first-order chi connectivity index (χ1) is 14.2. The highest BCUT2D eigenvalue weighted by Crippen LogP contribution is 2.33. The van der Waals surface area contributed by atoms with Crippen molar-refractivity contribution in [3.05, 3.63) is 51.6 Å². The SMILES string of the molecule is Cc1nc(C(=O)NC2CCC(C)CC2)c(C)c(-c2ccc(Cl)c(F)c2)c1CC(=O)O. The largest absolute Gasteiger partial charge is 0.481 e. The first-order valence-corrected chi connectivity index (χ1v) is 10.5. The van der Waals surface area contributed by atoms with Crippen molar-refractivity contribution >= 4 is 23.5 Å². The van der Waals surface area contributed by atoms with Crippen LogP contribution in [0.5, 0.6) is 0 Å². The number of carboxylic acid groups (broad SMARTS) is 1. The molecule has 5 nitrogen and oxygen atoms in total. The average Bonchev–Trinajstić information content (AvgIpc) is 2.68. The van der Waals surface area contributed by atoms with Crippen molar-refractivity contribution in [2.45, 2.75) is 58.9 Å². The predicted molar refractivity (Wildman–Crippen MR) is 114 cm³/mol. The number of benzene rings is 1. The smallest absolute Gasteiger partial charge is 0.307 e. The van der Waals surface area contributed by atoms with E-state index in [2.05, 4.69) is 17.2 Å². The van der Waals surface area contributed by atoms with E-state index in [9.17, 15) is 19.1 Å². The zero-order valence-corrected chi connectivity index (χ0v) is 18.1. The molecule has 0 saturated heterocycles. The van der Waals surface area contributed by atoms with Gasteiger partial charge in [-0.05, 0) is 79.8 Å². The highest BCUT2D eigenvalue weighted by molar-refractivity contribution is 6.30. The summed E-state index contributed by atoms with van der Waals surface area (Å²) in [6, 6.07) is 4.42. The monoisotopic (exact) mass is 432 g/mol. The van der Waals surface area contributed by atoms with Gasteiger partial charge in [-0.15, -0.1) is 0 Å². The quantitative estimate of drug-likeness (QED) is 0.689. The molecule has 1 aromatic carbocycles. The van der Waals surface area contributed by atoms with Crippen molar-refractivity contribution in [1.82, 2.24) is 10.3 Å². The van der Waals surface area contributed by atoms with Crippen LogP contribution >= 0.6 is 11.6 Å². The summed E-state index contributed by atoms with van der Waals surface area (Å²) in [6.45, 7) is 5.61. The molecule has 1 amide bonds. The van der Waals surface area contributed by atoms with Crippen LogP contribution in [0.2, 0.25) is 5.02 Å². The molecule has 2 aromatic rings. The average molecular weight is 433 g/mol. The molecule has 0 aliphatic heterocycles. The number of aryl methyl sites for hydroxylation is 1. The number of rotatable bonds is 5. The van der Waals surface area contributed by atoms with E-state index in [0.29, 0.717) is 33.9 Å². The summed E-state index contributed by atoms with van der Waals surface area (Å²) in [5, 5.41) is 12.4. The maximum Gasteiger partial charge on any atom is 0.307 e. The van der Waals surface area contributed by atoms with Crippen LogP contribution in [0, 0.1) is 25.6 Å². The van der Waals surface area contributed by atoms with E-state index in [1.54, 1.807) is 19.9 Å².